The van der Waals surface area contributed by atoms with Crippen LogP contribution in [0.1, 0.15) is 17.4 Å². The van der Waals surface area contributed by atoms with Gasteiger partial charge in [0.05, 0.1) is 41.3 Å². The first kappa shape index (κ1) is 14.6. The number of hydrogen-bond acceptors (Lipinski definition) is 4. The molecule has 0 amide bonds. The molecule has 7 heteroatoms. The number of hydrogen-bond donors (Lipinski definition) is 1. The summed E-state index contributed by atoms with van der Waals surface area (Å²) in [5.41, 5.74) is 7.96. The fourth-order valence-corrected chi connectivity index (χ4v) is 2.53. The van der Waals surface area contributed by atoms with E-state index >= 15 is 0 Å². The Hall–Kier alpha value is -0.760. The summed E-state index contributed by atoms with van der Waals surface area (Å²) in [6, 6.07) is 3.49. The highest BCUT2D eigenvalue weighted by Gasteiger charge is 2.19. The Morgan fingerprint density at radius 3 is 2.79 bits per heavy atom. The molecule has 2 aromatic heterocycles. The molecule has 0 aliphatic rings. The van der Waals surface area contributed by atoms with Gasteiger partial charge < -0.3 is 10.5 Å². The maximum absolute atomic E-state index is 6.27. The third kappa shape index (κ3) is 3.42. The third-order valence-corrected chi connectivity index (χ3v) is 3.78. The number of methoxy groups -OCH3 is 1. The van der Waals surface area contributed by atoms with Crippen LogP contribution >= 0.6 is 31.9 Å². The maximum Gasteiger partial charge on any atom is 0.0908 e. The normalized spacial score (nSPS) is 12.6. The van der Waals surface area contributed by atoms with Crippen molar-refractivity contribution < 1.29 is 4.74 Å². The summed E-state index contributed by atoms with van der Waals surface area (Å²) >= 11 is 6.84. The van der Waals surface area contributed by atoms with E-state index in [4.69, 9.17) is 10.5 Å². The maximum atomic E-state index is 6.27. The average molecular weight is 390 g/mol. The van der Waals surface area contributed by atoms with Crippen molar-refractivity contribution in [3.63, 3.8) is 0 Å². The summed E-state index contributed by atoms with van der Waals surface area (Å²) in [5.74, 6) is 0. The minimum Gasteiger partial charge on any atom is -0.383 e. The van der Waals surface area contributed by atoms with Gasteiger partial charge in [0.25, 0.3) is 0 Å². The van der Waals surface area contributed by atoms with E-state index < -0.39 is 0 Å². The minimum atomic E-state index is -0.332. The third-order valence-electron chi connectivity index (χ3n) is 2.70. The molecule has 0 saturated carbocycles. The van der Waals surface area contributed by atoms with Crippen LogP contribution < -0.4 is 5.73 Å². The fourth-order valence-electron chi connectivity index (χ4n) is 1.75. The Morgan fingerprint density at radius 1 is 1.37 bits per heavy atom. The second-order valence-electron chi connectivity index (χ2n) is 3.97. The molecule has 2 N–H and O–H groups in total. The molecule has 0 spiro atoms. The Labute approximate surface area is 128 Å². The van der Waals surface area contributed by atoms with Crippen LogP contribution in [0.5, 0.6) is 0 Å². The zero-order valence-corrected chi connectivity index (χ0v) is 13.6. The Morgan fingerprint density at radius 2 is 2.16 bits per heavy atom. The summed E-state index contributed by atoms with van der Waals surface area (Å²) < 4.78 is 8.71. The second kappa shape index (κ2) is 6.60. The van der Waals surface area contributed by atoms with Gasteiger partial charge >= 0.3 is 0 Å². The van der Waals surface area contributed by atoms with Crippen LogP contribution in [0.25, 0.3) is 0 Å². The van der Waals surface area contributed by atoms with Gasteiger partial charge in [0.2, 0.25) is 0 Å². The van der Waals surface area contributed by atoms with Gasteiger partial charge in [-0.2, -0.15) is 5.10 Å². The number of ether oxygens (including phenoxy) is 1. The van der Waals surface area contributed by atoms with E-state index in [2.05, 4.69) is 41.9 Å². The molecule has 19 heavy (non-hydrogen) atoms. The predicted molar refractivity (Wildman–Crippen MR) is 79.8 cm³/mol. The van der Waals surface area contributed by atoms with Crippen LogP contribution in [0.3, 0.4) is 0 Å². The predicted octanol–water partition coefficient (Wildman–Crippen LogP) is 2.50. The first-order valence-corrected chi connectivity index (χ1v) is 7.29. The Bertz CT molecular complexity index is 541. The first-order valence-electron chi connectivity index (χ1n) is 5.70. The van der Waals surface area contributed by atoms with Crippen molar-refractivity contribution in [1.82, 2.24) is 14.8 Å². The lowest BCUT2D eigenvalue weighted by Gasteiger charge is -2.14. The lowest BCUT2D eigenvalue weighted by atomic mass is 10.1. The SMILES string of the molecule is COCCn1ncc(Br)c1C(N)c1ccc(Br)cn1. The minimum absolute atomic E-state index is 0.332. The fraction of sp³-hybridized carbons (Fsp3) is 0.333. The van der Waals surface area contributed by atoms with E-state index in [0.717, 1.165) is 20.3 Å². The molecule has 0 aromatic carbocycles. The van der Waals surface area contributed by atoms with Crippen LogP contribution in [-0.2, 0) is 11.3 Å². The number of aromatic nitrogens is 3. The highest BCUT2D eigenvalue weighted by molar-refractivity contribution is 9.10. The number of nitrogens with zero attached hydrogens (tertiary/aromatic N) is 3. The van der Waals surface area contributed by atoms with Crippen molar-refractivity contribution in [1.29, 1.82) is 0 Å². The summed E-state index contributed by atoms with van der Waals surface area (Å²) in [6.07, 6.45) is 3.47. The van der Waals surface area contributed by atoms with E-state index in [-0.39, 0.29) is 6.04 Å². The molecule has 0 aliphatic heterocycles. The molecule has 2 aromatic rings. The van der Waals surface area contributed by atoms with Gasteiger partial charge in [-0.1, -0.05) is 0 Å². The molecule has 1 atom stereocenters. The van der Waals surface area contributed by atoms with Crippen molar-refractivity contribution in [2.75, 3.05) is 13.7 Å². The molecule has 2 rings (SSSR count). The van der Waals surface area contributed by atoms with Crippen molar-refractivity contribution in [3.05, 3.63) is 44.9 Å². The molecule has 0 bridgehead atoms. The molecule has 1 unspecified atom stereocenters. The standard InChI is InChI=1S/C12H14Br2N4O/c1-19-5-4-18-12(9(14)7-17-18)11(15)10-3-2-8(13)6-16-10/h2-3,6-7,11H,4-5,15H2,1H3. The molecule has 0 radical (unpaired) electrons. The van der Waals surface area contributed by atoms with Crippen molar-refractivity contribution in [2.24, 2.45) is 5.73 Å². The van der Waals surface area contributed by atoms with E-state index in [1.807, 2.05) is 16.8 Å². The lowest BCUT2D eigenvalue weighted by Crippen LogP contribution is -2.20. The van der Waals surface area contributed by atoms with Crippen molar-refractivity contribution in [3.8, 4) is 0 Å². The van der Waals surface area contributed by atoms with E-state index in [1.165, 1.54) is 0 Å². The topological polar surface area (TPSA) is 66.0 Å². The number of halogens is 2. The van der Waals surface area contributed by atoms with E-state index in [1.54, 1.807) is 19.5 Å². The number of pyridine rings is 1. The highest BCUT2D eigenvalue weighted by atomic mass is 79.9. The van der Waals surface area contributed by atoms with Gasteiger partial charge in [0, 0.05) is 17.8 Å². The van der Waals surface area contributed by atoms with Crippen LogP contribution in [0.15, 0.2) is 33.5 Å². The van der Waals surface area contributed by atoms with Gasteiger partial charge in [0.1, 0.15) is 0 Å². The van der Waals surface area contributed by atoms with Gasteiger partial charge in [-0.3, -0.25) is 9.67 Å². The average Bonchev–Trinajstić information content (AvgIpc) is 2.77. The largest absolute Gasteiger partial charge is 0.383 e. The summed E-state index contributed by atoms with van der Waals surface area (Å²) in [7, 11) is 1.66. The number of rotatable bonds is 5. The highest BCUT2D eigenvalue weighted by Crippen LogP contribution is 2.26. The van der Waals surface area contributed by atoms with Crippen LogP contribution in [0, 0.1) is 0 Å². The molecule has 2 heterocycles. The molecular weight excluding hydrogens is 376 g/mol. The van der Waals surface area contributed by atoms with Crippen molar-refractivity contribution in [2.45, 2.75) is 12.6 Å². The molecule has 0 fully saturated rings. The molecule has 102 valence electrons. The zero-order chi connectivity index (χ0) is 13.8. The van der Waals surface area contributed by atoms with Crippen LogP contribution in [0.4, 0.5) is 0 Å². The molecule has 0 aliphatic carbocycles. The van der Waals surface area contributed by atoms with Gasteiger partial charge in [-0.15, -0.1) is 0 Å². The second-order valence-corrected chi connectivity index (χ2v) is 5.74. The number of nitrogens with two attached hydrogens (primary N) is 1. The van der Waals surface area contributed by atoms with Crippen molar-refractivity contribution >= 4 is 31.9 Å². The zero-order valence-electron chi connectivity index (χ0n) is 10.4. The van der Waals surface area contributed by atoms with Crippen LogP contribution in [-0.4, -0.2) is 28.5 Å². The Balaban J connectivity index is 2.29. The first-order chi connectivity index (χ1) is 9.13. The smallest absolute Gasteiger partial charge is 0.0908 e. The monoisotopic (exact) mass is 388 g/mol. The quantitative estimate of drug-likeness (QED) is 0.853. The Kier molecular flexibility index (Phi) is 5.09. The molecular formula is C12H14Br2N4O. The lowest BCUT2D eigenvalue weighted by molar-refractivity contribution is 0.182. The molecule has 5 nitrogen and oxygen atoms in total. The van der Waals surface area contributed by atoms with Gasteiger partial charge in [-0.25, -0.2) is 0 Å². The molecule has 0 saturated heterocycles. The van der Waals surface area contributed by atoms with Crippen LogP contribution in [0.2, 0.25) is 0 Å². The summed E-state index contributed by atoms with van der Waals surface area (Å²) in [6.45, 7) is 1.24. The van der Waals surface area contributed by atoms with E-state index in [9.17, 15) is 0 Å². The summed E-state index contributed by atoms with van der Waals surface area (Å²) in [4.78, 5) is 4.33. The van der Waals surface area contributed by atoms with E-state index in [0.29, 0.717) is 13.2 Å². The van der Waals surface area contributed by atoms with Gasteiger partial charge in [-0.05, 0) is 44.0 Å². The summed E-state index contributed by atoms with van der Waals surface area (Å²) in [5, 5.41) is 4.29. The van der Waals surface area contributed by atoms with Gasteiger partial charge in [0.15, 0.2) is 0 Å².